The minimum atomic E-state index is 0.551. The monoisotopic (exact) mass is 203 g/mol. The zero-order chi connectivity index (χ0) is 9.97. The molecule has 0 radical (unpaired) electrons. The van der Waals surface area contributed by atoms with Crippen LogP contribution >= 0.6 is 11.3 Å². The van der Waals surface area contributed by atoms with Gasteiger partial charge in [0.2, 0.25) is 0 Å². The van der Waals surface area contributed by atoms with Crippen molar-refractivity contribution in [2.75, 3.05) is 0 Å². The van der Waals surface area contributed by atoms with Crippen LogP contribution in [0.1, 0.15) is 25.3 Å². The molecule has 0 saturated carbocycles. The third-order valence-electron chi connectivity index (χ3n) is 2.25. The van der Waals surface area contributed by atoms with Crippen LogP contribution in [0.25, 0.3) is 10.6 Å². The van der Waals surface area contributed by atoms with Crippen LogP contribution in [0.15, 0.2) is 35.8 Å². The van der Waals surface area contributed by atoms with E-state index in [0.29, 0.717) is 5.92 Å². The summed E-state index contributed by atoms with van der Waals surface area (Å²) in [4.78, 5) is 4.35. The van der Waals surface area contributed by atoms with E-state index in [-0.39, 0.29) is 0 Å². The lowest BCUT2D eigenvalue weighted by Gasteiger charge is -2.09. The highest BCUT2D eigenvalue weighted by molar-refractivity contribution is 7.13. The van der Waals surface area contributed by atoms with E-state index in [0.717, 1.165) is 5.01 Å². The molecule has 0 bridgehead atoms. The smallest absolute Gasteiger partial charge is 0.123 e. The largest absolute Gasteiger partial charge is 0.245 e. The average Bonchev–Trinajstić information content (AvgIpc) is 2.70. The molecule has 1 aromatic carbocycles. The Morgan fingerprint density at radius 1 is 1.21 bits per heavy atom. The number of aromatic nitrogens is 1. The molecule has 0 unspecified atom stereocenters. The van der Waals surface area contributed by atoms with E-state index in [9.17, 15) is 0 Å². The molecule has 0 aliphatic heterocycles. The van der Waals surface area contributed by atoms with Crippen molar-refractivity contribution in [3.05, 3.63) is 41.4 Å². The number of benzene rings is 1. The molecule has 0 atom stereocenters. The van der Waals surface area contributed by atoms with Crippen molar-refractivity contribution in [3.8, 4) is 10.6 Å². The predicted octanol–water partition coefficient (Wildman–Crippen LogP) is 3.93. The quantitative estimate of drug-likeness (QED) is 0.720. The van der Waals surface area contributed by atoms with Gasteiger partial charge in [-0.15, -0.1) is 11.3 Å². The molecule has 1 nitrogen and oxygen atoms in total. The van der Waals surface area contributed by atoms with Gasteiger partial charge in [0, 0.05) is 17.1 Å². The Morgan fingerprint density at radius 3 is 2.64 bits per heavy atom. The Bertz CT molecular complexity index is 404. The maximum atomic E-state index is 4.35. The molecule has 2 rings (SSSR count). The van der Waals surface area contributed by atoms with E-state index in [1.165, 1.54) is 11.1 Å². The Labute approximate surface area is 88.4 Å². The second-order valence-corrected chi connectivity index (χ2v) is 4.47. The molecule has 0 saturated heterocycles. The summed E-state index contributed by atoms with van der Waals surface area (Å²) in [5.41, 5.74) is 2.65. The van der Waals surface area contributed by atoms with Crippen molar-refractivity contribution >= 4 is 11.3 Å². The molecule has 0 amide bonds. The minimum Gasteiger partial charge on any atom is -0.245 e. The summed E-state index contributed by atoms with van der Waals surface area (Å²) < 4.78 is 0. The molecule has 1 heterocycles. The van der Waals surface area contributed by atoms with Crippen LogP contribution in [0, 0.1) is 0 Å². The summed E-state index contributed by atoms with van der Waals surface area (Å²) >= 11 is 1.70. The van der Waals surface area contributed by atoms with Crippen molar-refractivity contribution in [1.82, 2.24) is 4.98 Å². The summed E-state index contributed by atoms with van der Waals surface area (Å²) in [5.74, 6) is 0.551. The number of thiazole rings is 1. The van der Waals surface area contributed by atoms with Crippen molar-refractivity contribution in [2.24, 2.45) is 0 Å². The second kappa shape index (κ2) is 3.93. The molecule has 0 aliphatic carbocycles. The van der Waals surface area contributed by atoms with Crippen molar-refractivity contribution in [3.63, 3.8) is 0 Å². The summed E-state index contributed by atoms with van der Waals surface area (Å²) in [6.07, 6.45) is 1.86. The molecule has 2 heteroatoms. The van der Waals surface area contributed by atoms with Crippen LogP contribution in [0.3, 0.4) is 0 Å². The van der Waals surface area contributed by atoms with Crippen LogP contribution in [-0.2, 0) is 0 Å². The topological polar surface area (TPSA) is 12.9 Å². The molecule has 0 N–H and O–H groups in total. The highest BCUT2D eigenvalue weighted by Gasteiger charge is 2.08. The van der Waals surface area contributed by atoms with Gasteiger partial charge in [-0.3, -0.25) is 0 Å². The molecule has 0 aliphatic rings. The maximum Gasteiger partial charge on any atom is 0.123 e. The first-order valence-electron chi connectivity index (χ1n) is 4.78. The SMILES string of the molecule is CC(C)c1ccccc1-c1nccs1. The van der Waals surface area contributed by atoms with Gasteiger partial charge in [-0.1, -0.05) is 38.1 Å². The summed E-state index contributed by atoms with van der Waals surface area (Å²) in [6, 6.07) is 8.49. The Kier molecular flexibility index (Phi) is 2.64. The summed E-state index contributed by atoms with van der Waals surface area (Å²) in [6.45, 7) is 4.43. The van der Waals surface area contributed by atoms with Gasteiger partial charge in [-0.2, -0.15) is 0 Å². The first kappa shape index (κ1) is 9.41. The highest BCUT2D eigenvalue weighted by atomic mass is 32.1. The molecular formula is C12H13NS. The first-order valence-corrected chi connectivity index (χ1v) is 5.66. The fourth-order valence-electron chi connectivity index (χ4n) is 1.55. The van der Waals surface area contributed by atoms with Crippen molar-refractivity contribution in [1.29, 1.82) is 0 Å². The van der Waals surface area contributed by atoms with Crippen LogP contribution in [-0.4, -0.2) is 4.98 Å². The van der Waals surface area contributed by atoms with E-state index in [2.05, 4.69) is 43.1 Å². The minimum absolute atomic E-state index is 0.551. The fraction of sp³-hybridized carbons (Fsp3) is 0.250. The van der Waals surface area contributed by atoms with Gasteiger partial charge in [0.1, 0.15) is 5.01 Å². The van der Waals surface area contributed by atoms with Gasteiger partial charge in [0.05, 0.1) is 0 Å². The van der Waals surface area contributed by atoms with Gasteiger partial charge in [-0.05, 0) is 11.5 Å². The normalized spacial score (nSPS) is 10.8. The standard InChI is InChI=1S/C12H13NS/c1-9(2)10-5-3-4-6-11(10)12-13-7-8-14-12/h3-9H,1-2H3. The fourth-order valence-corrected chi connectivity index (χ4v) is 2.24. The maximum absolute atomic E-state index is 4.35. The highest BCUT2D eigenvalue weighted by Crippen LogP contribution is 2.29. The summed E-state index contributed by atoms with van der Waals surface area (Å²) in [7, 11) is 0. The van der Waals surface area contributed by atoms with Crippen LogP contribution < -0.4 is 0 Å². The van der Waals surface area contributed by atoms with E-state index in [1.807, 2.05) is 11.6 Å². The van der Waals surface area contributed by atoms with Gasteiger partial charge >= 0.3 is 0 Å². The first-order chi connectivity index (χ1) is 6.79. The van der Waals surface area contributed by atoms with Gasteiger partial charge < -0.3 is 0 Å². The van der Waals surface area contributed by atoms with Crippen LogP contribution in [0.5, 0.6) is 0 Å². The average molecular weight is 203 g/mol. The third kappa shape index (κ3) is 1.70. The third-order valence-corrected chi connectivity index (χ3v) is 3.05. The van der Waals surface area contributed by atoms with Gasteiger partial charge in [0.25, 0.3) is 0 Å². The molecule has 1 aromatic heterocycles. The number of hydrogen-bond donors (Lipinski definition) is 0. The Balaban J connectivity index is 2.53. The van der Waals surface area contributed by atoms with E-state index < -0.39 is 0 Å². The zero-order valence-electron chi connectivity index (χ0n) is 8.40. The predicted molar refractivity (Wildman–Crippen MR) is 61.6 cm³/mol. The Morgan fingerprint density at radius 2 is 2.00 bits per heavy atom. The lowest BCUT2D eigenvalue weighted by atomic mass is 9.98. The van der Waals surface area contributed by atoms with Crippen LogP contribution in [0.2, 0.25) is 0 Å². The van der Waals surface area contributed by atoms with Gasteiger partial charge in [0.15, 0.2) is 0 Å². The Hall–Kier alpha value is -1.15. The molecule has 2 aromatic rings. The number of nitrogens with zero attached hydrogens (tertiary/aromatic N) is 1. The van der Waals surface area contributed by atoms with Crippen molar-refractivity contribution in [2.45, 2.75) is 19.8 Å². The van der Waals surface area contributed by atoms with Gasteiger partial charge in [-0.25, -0.2) is 4.98 Å². The van der Waals surface area contributed by atoms with Crippen molar-refractivity contribution < 1.29 is 0 Å². The molecular weight excluding hydrogens is 190 g/mol. The summed E-state index contributed by atoms with van der Waals surface area (Å²) in [5, 5.41) is 3.14. The lowest BCUT2D eigenvalue weighted by Crippen LogP contribution is -1.90. The van der Waals surface area contributed by atoms with E-state index >= 15 is 0 Å². The molecule has 0 fully saturated rings. The van der Waals surface area contributed by atoms with Crippen LogP contribution in [0.4, 0.5) is 0 Å². The van der Waals surface area contributed by atoms with E-state index in [1.54, 1.807) is 11.3 Å². The number of rotatable bonds is 2. The molecule has 0 spiro atoms. The number of hydrogen-bond acceptors (Lipinski definition) is 2. The zero-order valence-corrected chi connectivity index (χ0v) is 9.21. The lowest BCUT2D eigenvalue weighted by molar-refractivity contribution is 0.869. The molecule has 14 heavy (non-hydrogen) atoms. The second-order valence-electron chi connectivity index (χ2n) is 3.58. The van der Waals surface area contributed by atoms with E-state index in [4.69, 9.17) is 0 Å². The molecule has 72 valence electrons.